The van der Waals surface area contributed by atoms with E-state index in [9.17, 15) is 10.1 Å². The predicted octanol–water partition coefficient (Wildman–Crippen LogP) is 4.82. The number of nitrogens with one attached hydrogen (secondary N) is 1. The topological polar surface area (TPSA) is 96.1 Å². The highest BCUT2D eigenvalue weighted by molar-refractivity contribution is 7.19. The standard InChI is InChI=1S/C26H30N6O2S/c1-18-8-11-32(12-9-18)26-30-29-25(35-26)28-24(33)21(17-27)16-22-5-4-10-31(22)13-14-34-23-7-6-19(2)15-20(23)3/h4-7,10,15-16,18H,8-9,11-14H2,1-3H3,(H,28,29,33)/b21-16-. The van der Waals surface area contributed by atoms with Crippen molar-refractivity contribution in [2.24, 2.45) is 5.92 Å². The lowest BCUT2D eigenvalue weighted by molar-refractivity contribution is -0.112. The number of hydrogen-bond acceptors (Lipinski definition) is 7. The molecule has 0 saturated carbocycles. The van der Waals surface area contributed by atoms with E-state index in [1.54, 1.807) is 6.08 Å². The van der Waals surface area contributed by atoms with Crippen LogP contribution in [0.2, 0.25) is 0 Å². The molecule has 182 valence electrons. The van der Waals surface area contributed by atoms with Crippen molar-refractivity contribution in [1.29, 1.82) is 5.26 Å². The molecule has 4 rings (SSSR count). The van der Waals surface area contributed by atoms with Crippen LogP contribution in [-0.4, -0.2) is 40.4 Å². The Labute approximate surface area is 209 Å². The third kappa shape index (κ3) is 6.28. The first-order valence-corrected chi connectivity index (χ1v) is 12.6. The monoisotopic (exact) mass is 490 g/mol. The molecule has 1 saturated heterocycles. The van der Waals surface area contributed by atoms with Crippen LogP contribution < -0.4 is 15.0 Å². The maximum Gasteiger partial charge on any atom is 0.268 e. The van der Waals surface area contributed by atoms with Crippen molar-refractivity contribution in [3.63, 3.8) is 0 Å². The lowest BCUT2D eigenvalue weighted by Crippen LogP contribution is -2.32. The number of nitrogens with zero attached hydrogens (tertiary/aromatic N) is 5. The average molecular weight is 491 g/mol. The predicted molar refractivity (Wildman–Crippen MR) is 139 cm³/mol. The summed E-state index contributed by atoms with van der Waals surface area (Å²) in [6.07, 6.45) is 5.73. The number of aromatic nitrogens is 3. The molecule has 1 amide bonds. The van der Waals surface area contributed by atoms with Gasteiger partial charge in [-0.05, 0) is 62.4 Å². The second-order valence-electron chi connectivity index (χ2n) is 8.93. The molecule has 1 aromatic carbocycles. The van der Waals surface area contributed by atoms with Gasteiger partial charge in [0.05, 0.1) is 6.54 Å². The number of piperidine rings is 1. The maximum absolute atomic E-state index is 12.8. The van der Waals surface area contributed by atoms with Gasteiger partial charge in [-0.15, -0.1) is 10.2 Å². The van der Waals surface area contributed by atoms with Crippen LogP contribution in [0.15, 0.2) is 42.1 Å². The zero-order chi connectivity index (χ0) is 24.8. The zero-order valence-corrected chi connectivity index (χ0v) is 21.1. The Morgan fingerprint density at radius 2 is 2.09 bits per heavy atom. The van der Waals surface area contributed by atoms with Crippen molar-refractivity contribution in [1.82, 2.24) is 14.8 Å². The van der Waals surface area contributed by atoms with E-state index in [0.29, 0.717) is 18.3 Å². The molecule has 0 radical (unpaired) electrons. The summed E-state index contributed by atoms with van der Waals surface area (Å²) >= 11 is 1.33. The van der Waals surface area contributed by atoms with E-state index in [1.807, 2.05) is 48.0 Å². The molecule has 3 heterocycles. The van der Waals surface area contributed by atoms with Crippen LogP contribution in [0.25, 0.3) is 6.08 Å². The number of ether oxygens (including phenoxy) is 1. The fourth-order valence-electron chi connectivity index (χ4n) is 4.03. The number of rotatable bonds is 8. The van der Waals surface area contributed by atoms with Crippen LogP contribution in [0.1, 0.15) is 36.6 Å². The highest BCUT2D eigenvalue weighted by Gasteiger charge is 2.20. The van der Waals surface area contributed by atoms with E-state index < -0.39 is 5.91 Å². The summed E-state index contributed by atoms with van der Waals surface area (Å²) < 4.78 is 7.89. The van der Waals surface area contributed by atoms with Crippen molar-refractivity contribution in [2.45, 2.75) is 40.2 Å². The molecule has 2 aromatic heterocycles. The van der Waals surface area contributed by atoms with Crippen molar-refractivity contribution >= 4 is 33.6 Å². The molecule has 3 aromatic rings. The average Bonchev–Trinajstić information content (AvgIpc) is 3.49. The van der Waals surface area contributed by atoms with Gasteiger partial charge in [-0.25, -0.2) is 0 Å². The van der Waals surface area contributed by atoms with Crippen LogP contribution in [0.4, 0.5) is 10.3 Å². The normalized spacial score (nSPS) is 14.6. The van der Waals surface area contributed by atoms with Crippen molar-refractivity contribution in [2.75, 3.05) is 29.9 Å². The number of amides is 1. The lowest BCUT2D eigenvalue weighted by atomic mass is 10.00. The Hall–Kier alpha value is -3.64. The Bertz CT molecular complexity index is 1250. The molecule has 1 N–H and O–H groups in total. The van der Waals surface area contributed by atoms with Crippen LogP contribution in [0, 0.1) is 31.1 Å². The van der Waals surface area contributed by atoms with Crippen molar-refractivity contribution < 1.29 is 9.53 Å². The lowest BCUT2D eigenvalue weighted by Gasteiger charge is -2.29. The second kappa shape index (κ2) is 11.2. The first-order valence-electron chi connectivity index (χ1n) is 11.8. The quantitative estimate of drug-likeness (QED) is 0.359. The molecule has 1 fully saturated rings. The van der Waals surface area contributed by atoms with Gasteiger partial charge < -0.3 is 14.2 Å². The minimum absolute atomic E-state index is 0.00351. The molecule has 35 heavy (non-hydrogen) atoms. The fraction of sp³-hybridized carbons (Fsp3) is 0.385. The molecule has 0 aliphatic carbocycles. The molecular formula is C26H30N6O2S. The summed E-state index contributed by atoms with van der Waals surface area (Å²) in [5.74, 6) is 1.08. The van der Waals surface area contributed by atoms with E-state index in [-0.39, 0.29) is 5.57 Å². The van der Waals surface area contributed by atoms with Gasteiger partial charge in [-0.3, -0.25) is 10.1 Å². The largest absolute Gasteiger partial charge is 0.491 e. The number of aryl methyl sites for hydroxylation is 2. The van der Waals surface area contributed by atoms with Crippen LogP contribution in [-0.2, 0) is 11.3 Å². The van der Waals surface area contributed by atoms with Gasteiger partial charge in [0, 0.05) is 25.0 Å². The SMILES string of the molecule is Cc1ccc(OCCn2cccc2/C=C(/C#N)C(=O)Nc2nnc(N3CCC(C)CC3)s2)c(C)c1. The Morgan fingerprint density at radius 3 is 2.83 bits per heavy atom. The number of anilines is 2. The molecule has 0 bridgehead atoms. The Balaban J connectivity index is 1.37. The molecule has 1 aliphatic heterocycles. The summed E-state index contributed by atoms with van der Waals surface area (Å²) in [6.45, 7) is 9.27. The Morgan fingerprint density at radius 1 is 1.29 bits per heavy atom. The van der Waals surface area contributed by atoms with Gasteiger partial charge in [0.25, 0.3) is 5.91 Å². The van der Waals surface area contributed by atoms with Gasteiger partial charge in [0.2, 0.25) is 10.3 Å². The summed E-state index contributed by atoms with van der Waals surface area (Å²) in [4.78, 5) is 15.0. The van der Waals surface area contributed by atoms with E-state index in [4.69, 9.17) is 4.74 Å². The summed E-state index contributed by atoms with van der Waals surface area (Å²) in [6, 6.07) is 11.8. The summed E-state index contributed by atoms with van der Waals surface area (Å²) in [7, 11) is 0. The molecule has 1 aliphatic rings. The number of hydrogen-bond donors (Lipinski definition) is 1. The fourth-order valence-corrected chi connectivity index (χ4v) is 4.82. The second-order valence-corrected chi connectivity index (χ2v) is 9.88. The van der Waals surface area contributed by atoms with Crippen LogP contribution in [0.5, 0.6) is 5.75 Å². The summed E-state index contributed by atoms with van der Waals surface area (Å²) in [5, 5.41) is 21.9. The summed E-state index contributed by atoms with van der Waals surface area (Å²) in [5.41, 5.74) is 3.04. The molecule has 9 heteroatoms. The number of benzene rings is 1. The first kappa shape index (κ1) is 24.5. The Kier molecular flexibility index (Phi) is 7.83. The van der Waals surface area contributed by atoms with E-state index in [2.05, 4.69) is 40.3 Å². The number of carbonyl (C=O) groups is 1. The molecule has 0 unspecified atom stereocenters. The van der Waals surface area contributed by atoms with Crippen LogP contribution >= 0.6 is 11.3 Å². The number of carbonyl (C=O) groups excluding carboxylic acids is 1. The highest BCUT2D eigenvalue weighted by atomic mass is 32.1. The highest BCUT2D eigenvalue weighted by Crippen LogP contribution is 2.28. The van der Waals surface area contributed by atoms with Crippen molar-refractivity contribution in [3.8, 4) is 11.8 Å². The first-order chi connectivity index (χ1) is 16.9. The molecule has 0 atom stereocenters. The molecular weight excluding hydrogens is 460 g/mol. The number of nitriles is 1. The molecule has 0 spiro atoms. The third-order valence-electron chi connectivity index (χ3n) is 6.13. The van der Waals surface area contributed by atoms with Gasteiger partial charge in [0.15, 0.2) is 0 Å². The molecule has 8 nitrogen and oxygen atoms in total. The van der Waals surface area contributed by atoms with Gasteiger partial charge in [-0.1, -0.05) is 36.0 Å². The van der Waals surface area contributed by atoms with Gasteiger partial charge >= 0.3 is 0 Å². The van der Waals surface area contributed by atoms with E-state index in [0.717, 1.165) is 54.0 Å². The zero-order valence-electron chi connectivity index (χ0n) is 20.3. The van der Waals surface area contributed by atoms with Gasteiger partial charge in [0.1, 0.15) is 24.0 Å². The van der Waals surface area contributed by atoms with Crippen LogP contribution in [0.3, 0.4) is 0 Å². The smallest absolute Gasteiger partial charge is 0.268 e. The third-order valence-corrected chi connectivity index (χ3v) is 7.03. The van der Waals surface area contributed by atoms with E-state index in [1.165, 1.54) is 16.9 Å². The van der Waals surface area contributed by atoms with Crippen molar-refractivity contribution in [3.05, 3.63) is 58.9 Å². The minimum Gasteiger partial charge on any atom is -0.491 e. The maximum atomic E-state index is 12.8. The van der Waals surface area contributed by atoms with Gasteiger partial charge in [-0.2, -0.15) is 5.26 Å². The minimum atomic E-state index is -0.498. The van der Waals surface area contributed by atoms with E-state index >= 15 is 0 Å².